The molecule has 0 radical (unpaired) electrons. The molecule has 1 saturated carbocycles. The highest BCUT2D eigenvalue weighted by molar-refractivity contribution is 5.90. The predicted molar refractivity (Wildman–Crippen MR) is 122 cm³/mol. The van der Waals surface area contributed by atoms with E-state index in [2.05, 4.69) is 32.1 Å². The summed E-state index contributed by atoms with van der Waals surface area (Å²) in [6.07, 6.45) is 18.7. The van der Waals surface area contributed by atoms with E-state index in [9.17, 15) is 4.79 Å². The highest BCUT2D eigenvalue weighted by Gasteiger charge is 2.24. The monoisotopic (exact) mass is 396 g/mol. The van der Waals surface area contributed by atoms with Crippen molar-refractivity contribution in [1.29, 1.82) is 0 Å². The fourth-order valence-electron chi connectivity index (χ4n) is 4.98. The molecule has 29 heavy (non-hydrogen) atoms. The van der Waals surface area contributed by atoms with Gasteiger partial charge < -0.3 is 4.74 Å². The van der Waals surface area contributed by atoms with E-state index in [-0.39, 0.29) is 12.1 Å². The van der Waals surface area contributed by atoms with Gasteiger partial charge in [0.1, 0.15) is 6.10 Å². The van der Waals surface area contributed by atoms with E-state index in [0.29, 0.717) is 5.56 Å². The quantitative estimate of drug-likeness (QED) is 0.396. The predicted octanol–water partition coefficient (Wildman–Crippen LogP) is 7.97. The Balaban J connectivity index is 1.46. The summed E-state index contributed by atoms with van der Waals surface area (Å²) in [6.45, 7) is 4.53. The van der Waals surface area contributed by atoms with E-state index < -0.39 is 0 Å². The molecule has 0 bridgehead atoms. The van der Waals surface area contributed by atoms with Crippen LogP contribution in [0.25, 0.3) is 5.57 Å². The van der Waals surface area contributed by atoms with Crippen molar-refractivity contribution in [2.24, 2.45) is 11.8 Å². The van der Waals surface area contributed by atoms with Crippen LogP contribution in [-0.4, -0.2) is 12.1 Å². The van der Waals surface area contributed by atoms with Gasteiger partial charge in [-0.2, -0.15) is 0 Å². The third-order valence-corrected chi connectivity index (χ3v) is 7.01. The minimum atomic E-state index is -0.147. The molecule has 0 aromatic heterocycles. The number of esters is 1. The molecule has 0 saturated heterocycles. The van der Waals surface area contributed by atoms with Crippen LogP contribution in [-0.2, 0) is 4.74 Å². The topological polar surface area (TPSA) is 26.3 Å². The van der Waals surface area contributed by atoms with Gasteiger partial charge >= 0.3 is 5.97 Å². The summed E-state index contributed by atoms with van der Waals surface area (Å²) in [6, 6.07) is 8.12. The van der Waals surface area contributed by atoms with Gasteiger partial charge in [-0.1, -0.05) is 70.6 Å². The Morgan fingerprint density at radius 2 is 1.55 bits per heavy atom. The first-order valence-electron chi connectivity index (χ1n) is 12.2. The van der Waals surface area contributed by atoms with Crippen molar-refractivity contribution in [2.75, 3.05) is 0 Å². The molecule has 1 atom stereocenters. The third-order valence-electron chi connectivity index (χ3n) is 7.01. The van der Waals surface area contributed by atoms with Crippen molar-refractivity contribution in [1.82, 2.24) is 0 Å². The lowest BCUT2D eigenvalue weighted by atomic mass is 9.84. The number of carbonyl (C=O) groups excluding carboxylic acids is 1. The molecule has 0 heterocycles. The summed E-state index contributed by atoms with van der Waals surface area (Å²) in [4.78, 5) is 12.6. The minimum Gasteiger partial charge on any atom is -0.459 e. The zero-order valence-electron chi connectivity index (χ0n) is 18.6. The van der Waals surface area contributed by atoms with Crippen LogP contribution in [0.1, 0.15) is 113 Å². The van der Waals surface area contributed by atoms with Gasteiger partial charge in [0.15, 0.2) is 0 Å². The maximum Gasteiger partial charge on any atom is 0.338 e. The number of ether oxygens (including phenoxy) is 1. The normalized spacial score (nSPS) is 24.8. The van der Waals surface area contributed by atoms with Gasteiger partial charge in [0.25, 0.3) is 0 Å². The number of unbranched alkanes of at least 4 members (excludes halogenated alkanes) is 2. The van der Waals surface area contributed by atoms with Crippen molar-refractivity contribution < 1.29 is 9.53 Å². The van der Waals surface area contributed by atoms with E-state index in [1.807, 2.05) is 12.1 Å². The molecule has 3 rings (SSSR count). The van der Waals surface area contributed by atoms with E-state index in [1.165, 1.54) is 81.8 Å². The fraction of sp³-hybridized carbons (Fsp3) is 0.667. The molecule has 1 aromatic carbocycles. The highest BCUT2D eigenvalue weighted by atomic mass is 16.5. The largest absolute Gasteiger partial charge is 0.459 e. The van der Waals surface area contributed by atoms with Crippen LogP contribution in [0, 0.1) is 11.8 Å². The minimum absolute atomic E-state index is 0.112. The number of hydrogen-bond donors (Lipinski definition) is 0. The molecule has 1 unspecified atom stereocenters. The van der Waals surface area contributed by atoms with Crippen LogP contribution in [0.4, 0.5) is 0 Å². The van der Waals surface area contributed by atoms with E-state index in [1.54, 1.807) is 0 Å². The molecule has 0 amide bonds. The van der Waals surface area contributed by atoms with Crippen molar-refractivity contribution in [3.8, 4) is 0 Å². The number of allylic oxidation sites excluding steroid dienone is 2. The molecule has 0 spiro atoms. The molecule has 1 fully saturated rings. The SMILES string of the molecule is CCCCC1CC=C(c2ccc(C(=O)OC3CCC(CCCC)CC3)cc2)CC1. The van der Waals surface area contributed by atoms with Gasteiger partial charge in [-0.15, -0.1) is 0 Å². The molecule has 160 valence electrons. The lowest BCUT2D eigenvalue weighted by molar-refractivity contribution is 0.0161. The summed E-state index contributed by atoms with van der Waals surface area (Å²) >= 11 is 0. The van der Waals surface area contributed by atoms with E-state index >= 15 is 0 Å². The first-order valence-corrected chi connectivity index (χ1v) is 12.2. The second-order valence-electron chi connectivity index (χ2n) is 9.28. The zero-order valence-corrected chi connectivity index (χ0v) is 18.6. The third kappa shape index (κ3) is 6.73. The summed E-state index contributed by atoms with van der Waals surface area (Å²) in [5, 5.41) is 0. The van der Waals surface area contributed by atoms with Crippen LogP contribution < -0.4 is 0 Å². The average Bonchev–Trinajstić information content (AvgIpc) is 2.77. The zero-order chi connectivity index (χ0) is 20.5. The molecule has 2 heteroatoms. The first-order chi connectivity index (χ1) is 14.2. The summed E-state index contributed by atoms with van der Waals surface area (Å²) < 4.78 is 5.81. The summed E-state index contributed by atoms with van der Waals surface area (Å²) in [5.74, 6) is 1.56. The molecule has 2 aliphatic rings. The lowest BCUT2D eigenvalue weighted by Gasteiger charge is -2.28. The molecule has 0 N–H and O–H groups in total. The van der Waals surface area contributed by atoms with Gasteiger partial charge in [0.05, 0.1) is 5.56 Å². The Bertz CT molecular complexity index is 650. The van der Waals surface area contributed by atoms with Gasteiger partial charge in [0.2, 0.25) is 0 Å². The Kier molecular flexibility index (Phi) is 8.83. The second-order valence-corrected chi connectivity index (χ2v) is 9.28. The first kappa shape index (κ1) is 22.1. The molecule has 2 nitrogen and oxygen atoms in total. The second kappa shape index (κ2) is 11.6. The lowest BCUT2D eigenvalue weighted by Crippen LogP contribution is -2.24. The number of carbonyl (C=O) groups is 1. The molecular weight excluding hydrogens is 356 g/mol. The number of benzene rings is 1. The number of rotatable bonds is 9. The summed E-state index contributed by atoms with van der Waals surface area (Å²) in [7, 11) is 0. The van der Waals surface area contributed by atoms with Gasteiger partial charge in [0, 0.05) is 0 Å². The maximum atomic E-state index is 12.6. The standard InChI is InChI=1S/C27H40O2/c1-3-5-7-21-9-13-23(14-10-21)24-15-17-25(18-16-24)27(28)29-26-19-11-22(12-20-26)8-6-4-2/h13,15-18,21-22,26H,3-12,14,19-20H2,1-2H3. The van der Waals surface area contributed by atoms with E-state index in [4.69, 9.17) is 4.74 Å². The van der Waals surface area contributed by atoms with Gasteiger partial charge in [-0.25, -0.2) is 4.79 Å². The average molecular weight is 397 g/mol. The van der Waals surface area contributed by atoms with E-state index in [0.717, 1.165) is 24.7 Å². The Labute approximate surface area is 178 Å². The maximum absolute atomic E-state index is 12.6. The van der Waals surface area contributed by atoms with Crippen LogP contribution >= 0.6 is 0 Å². The smallest absolute Gasteiger partial charge is 0.338 e. The van der Waals surface area contributed by atoms with Crippen LogP contribution in [0.2, 0.25) is 0 Å². The van der Waals surface area contributed by atoms with Crippen LogP contribution in [0.3, 0.4) is 0 Å². The van der Waals surface area contributed by atoms with Gasteiger partial charge in [-0.3, -0.25) is 0 Å². The molecule has 0 aliphatic heterocycles. The summed E-state index contributed by atoms with van der Waals surface area (Å²) in [5.41, 5.74) is 3.41. The number of hydrogen-bond acceptors (Lipinski definition) is 2. The van der Waals surface area contributed by atoms with Crippen molar-refractivity contribution in [2.45, 2.75) is 103 Å². The molecule has 2 aliphatic carbocycles. The highest BCUT2D eigenvalue weighted by Crippen LogP contribution is 2.33. The van der Waals surface area contributed by atoms with Crippen molar-refractivity contribution in [3.63, 3.8) is 0 Å². The van der Waals surface area contributed by atoms with Gasteiger partial charge in [-0.05, 0) is 80.1 Å². The fourth-order valence-corrected chi connectivity index (χ4v) is 4.98. The van der Waals surface area contributed by atoms with Crippen molar-refractivity contribution >= 4 is 11.5 Å². The Morgan fingerprint density at radius 3 is 2.14 bits per heavy atom. The van der Waals surface area contributed by atoms with Crippen LogP contribution in [0.15, 0.2) is 30.3 Å². The van der Waals surface area contributed by atoms with Crippen molar-refractivity contribution in [3.05, 3.63) is 41.5 Å². The Morgan fingerprint density at radius 1 is 0.897 bits per heavy atom. The van der Waals surface area contributed by atoms with Crippen LogP contribution in [0.5, 0.6) is 0 Å². The molecule has 1 aromatic rings. The Hall–Kier alpha value is -1.57. The molecular formula is C27H40O2.